The van der Waals surface area contributed by atoms with Crippen LogP contribution in [0.4, 0.5) is 10.1 Å². The third-order valence-electron chi connectivity index (χ3n) is 3.98. The number of nitrogens with zero attached hydrogens (tertiary/aromatic N) is 1. The van der Waals surface area contributed by atoms with Gasteiger partial charge in [-0.2, -0.15) is 0 Å². The number of methoxy groups -OCH3 is 1. The van der Waals surface area contributed by atoms with Crippen molar-refractivity contribution in [1.29, 1.82) is 0 Å². The number of ether oxygens (including phenoxy) is 1. The molecule has 0 heterocycles. The van der Waals surface area contributed by atoms with Gasteiger partial charge >= 0.3 is 0 Å². The fourth-order valence-corrected chi connectivity index (χ4v) is 2.37. The van der Waals surface area contributed by atoms with Crippen LogP contribution in [-0.2, 0) is 4.74 Å². The first kappa shape index (κ1) is 26.2. The second-order valence-electron chi connectivity index (χ2n) is 6.17. The highest BCUT2D eigenvalue weighted by atomic mass is 35.5. The number of nitrogens with two attached hydrogens (primary N) is 1. The molecule has 2 aromatic carbocycles. The van der Waals surface area contributed by atoms with Crippen LogP contribution in [0.15, 0.2) is 59.6 Å². The number of anilines is 1. The van der Waals surface area contributed by atoms with Gasteiger partial charge in [0.1, 0.15) is 5.82 Å². The lowest BCUT2D eigenvalue weighted by atomic mass is 10.1. The number of aryl methyl sites for hydroxylation is 3. The van der Waals surface area contributed by atoms with Crippen LogP contribution in [0.3, 0.4) is 0 Å². The van der Waals surface area contributed by atoms with E-state index in [2.05, 4.69) is 36.8 Å². The molecule has 0 unspecified atom stereocenters. The highest BCUT2D eigenvalue weighted by Gasteiger charge is 2.01. The lowest BCUT2D eigenvalue weighted by molar-refractivity contribution is 0.298. The van der Waals surface area contributed by atoms with E-state index in [9.17, 15) is 4.39 Å². The van der Waals surface area contributed by atoms with Gasteiger partial charge < -0.3 is 15.8 Å². The minimum Gasteiger partial charge on any atom is -0.493 e. The van der Waals surface area contributed by atoms with E-state index < -0.39 is 5.82 Å². The largest absolute Gasteiger partial charge is 0.493 e. The summed E-state index contributed by atoms with van der Waals surface area (Å²) in [5, 5.41) is 2.88. The Labute approximate surface area is 179 Å². The number of hydrogen-bond donors (Lipinski definition) is 2. The zero-order chi connectivity index (χ0) is 21.3. The SMILES string of the molecule is C.C=C(N=Cc1ccc(F)c(Cl)c1)/C(=C\NC)OC.Cc1cc(C)c(N)cc1C. The lowest BCUT2D eigenvalue weighted by Crippen LogP contribution is -1.99. The van der Waals surface area contributed by atoms with E-state index in [0.717, 1.165) is 5.69 Å². The molecule has 0 aliphatic rings. The summed E-state index contributed by atoms with van der Waals surface area (Å²) >= 11 is 5.66. The van der Waals surface area contributed by atoms with Gasteiger partial charge in [0.05, 0.1) is 17.8 Å². The van der Waals surface area contributed by atoms with Gasteiger partial charge in [0.25, 0.3) is 0 Å². The summed E-state index contributed by atoms with van der Waals surface area (Å²) < 4.78 is 18.0. The third-order valence-corrected chi connectivity index (χ3v) is 4.26. The summed E-state index contributed by atoms with van der Waals surface area (Å²) in [6, 6.07) is 8.48. The summed E-state index contributed by atoms with van der Waals surface area (Å²) in [7, 11) is 3.27. The van der Waals surface area contributed by atoms with Crippen LogP contribution in [0.2, 0.25) is 5.02 Å². The molecule has 4 nitrogen and oxygen atoms in total. The minimum atomic E-state index is -0.458. The van der Waals surface area contributed by atoms with Crippen LogP contribution in [0.25, 0.3) is 0 Å². The molecule has 0 radical (unpaired) electrons. The Balaban J connectivity index is 0.000000606. The maximum atomic E-state index is 12.9. The standard InChI is InChI=1S/C13H14ClFN2O.C9H13N.CH4/c1-9(13(18-3)8-16-2)17-7-10-4-5-12(15)11(14)6-10;1-6-4-8(3)9(10)5-7(6)2;/h4-8,16H,1H2,2-3H3;4-5H,10H2,1-3H3;1H4/b13-8+,17-7?;;. The summed E-state index contributed by atoms with van der Waals surface area (Å²) in [6.45, 7) is 9.96. The number of hydrogen-bond acceptors (Lipinski definition) is 4. The van der Waals surface area contributed by atoms with Crippen molar-refractivity contribution in [3.05, 3.63) is 87.7 Å². The molecule has 29 heavy (non-hydrogen) atoms. The van der Waals surface area contributed by atoms with Gasteiger partial charge in [-0.3, -0.25) is 4.99 Å². The Morgan fingerprint density at radius 2 is 1.79 bits per heavy atom. The van der Waals surface area contributed by atoms with E-state index in [0.29, 0.717) is 17.0 Å². The second kappa shape index (κ2) is 12.6. The van der Waals surface area contributed by atoms with E-state index in [1.54, 1.807) is 19.3 Å². The van der Waals surface area contributed by atoms with Crippen molar-refractivity contribution >= 4 is 23.5 Å². The highest BCUT2D eigenvalue weighted by molar-refractivity contribution is 6.31. The van der Waals surface area contributed by atoms with Gasteiger partial charge in [-0.25, -0.2) is 4.39 Å². The van der Waals surface area contributed by atoms with E-state index in [1.165, 1.54) is 42.1 Å². The maximum Gasteiger partial charge on any atom is 0.159 e. The van der Waals surface area contributed by atoms with Crippen LogP contribution < -0.4 is 11.1 Å². The molecule has 0 aliphatic heterocycles. The van der Waals surface area contributed by atoms with Gasteiger partial charge in [-0.1, -0.05) is 37.7 Å². The maximum absolute atomic E-state index is 12.9. The average molecular weight is 420 g/mol. The van der Waals surface area contributed by atoms with E-state index in [1.807, 2.05) is 13.0 Å². The second-order valence-corrected chi connectivity index (χ2v) is 6.58. The molecule has 0 atom stereocenters. The summed E-state index contributed by atoms with van der Waals surface area (Å²) in [5.41, 5.74) is 11.5. The first-order chi connectivity index (χ1) is 13.2. The molecule has 0 saturated heterocycles. The zero-order valence-electron chi connectivity index (χ0n) is 16.9. The number of aliphatic imine (C=N–C) groups is 1. The van der Waals surface area contributed by atoms with Crippen molar-refractivity contribution in [2.45, 2.75) is 28.2 Å². The van der Waals surface area contributed by atoms with Gasteiger partial charge in [0.15, 0.2) is 5.76 Å². The average Bonchev–Trinajstić information content (AvgIpc) is 2.65. The Morgan fingerprint density at radius 1 is 1.17 bits per heavy atom. The molecule has 158 valence electrons. The molecule has 2 rings (SSSR count). The summed E-state index contributed by atoms with van der Waals surface area (Å²) in [4.78, 5) is 4.12. The Kier molecular flexibility index (Phi) is 11.4. The van der Waals surface area contributed by atoms with Crippen LogP contribution in [0.5, 0.6) is 0 Å². The first-order valence-electron chi connectivity index (χ1n) is 8.62. The number of rotatable bonds is 5. The third kappa shape index (κ3) is 8.40. The van der Waals surface area contributed by atoms with Gasteiger partial charge in [-0.15, -0.1) is 0 Å². The first-order valence-corrected chi connectivity index (χ1v) is 9.00. The molecule has 0 saturated carbocycles. The normalized spacial score (nSPS) is 10.7. The zero-order valence-corrected chi connectivity index (χ0v) is 17.7. The van der Waals surface area contributed by atoms with Crippen LogP contribution in [-0.4, -0.2) is 20.4 Å². The van der Waals surface area contributed by atoms with E-state index >= 15 is 0 Å². The van der Waals surface area contributed by atoms with E-state index in [4.69, 9.17) is 22.1 Å². The van der Waals surface area contributed by atoms with Crippen molar-refractivity contribution in [3.63, 3.8) is 0 Å². The Morgan fingerprint density at radius 3 is 2.31 bits per heavy atom. The fourth-order valence-electron chi connectivity index (χ4n) is 2.18. The molecular formula is C23H31ClFN3O. The molecular weight excluding hydrogens is 389 g/mol. The van der Waals surface area contributed by atoms with Crippen LogP contribution >= 0.6 is 11.6 Å². The Bertz CT molecular complexity index is 842. The smallest absolute Gasteiger partial charge is 0.159 e. The van der Waals surface area contributed by atoms with Crippen LogP contribution in [0, 0.1) is 26.6 Å². The van der Waals surface area contributed by atoms with Crippen molar-refractivity contribution < 1.29 is 9.13 Å². The number of nitrogens with one attached hydrogen (secondary N) is 1. The minimum absolute atomic E-state index is 0. The number of benzene rings is 2. The highest BCUT2D eigenvalue weighted by Crippen LogP contribution is 2.17. The van der Waals surface area contributed by atoms with Gasteiger partial charge in [-0.05, 0) is 61.2 Å². The monoisotopic (exact) mass is 419 g/mol. The molecule has 2 aromatic rings. The van der Waals surface area contributed by atoms with E-state index in [-0.39, 0.29) is 12.4 Å². The Hall–Kier alpha value is -2.79. The van der Waals surface area contributed by atoms with Crippen molar-refractivity contribution in [1.82, 2.24) is 5.32 Å². The molecule has 0 fully saturated rings. The molecule has 0 aromatic heterocycles. The van der Waals surface area contributed by atoms with Gasteiger partial charge in [0, 0.05) is 25.1 Å². The topological polar surface area (TPSA) is 59.6 Å². The van der Waals surface area contributed by atoms with Crippen LogP contribution in [0.1, 0.15) is 29.7 Å². The molecule has 0 aliphatic carbocycles. The summed E-state index contributed by atoms with van der Waals surface area (Å²) in [6.07, 6.45) is 3.17. The van der Waals surface area contributed by atoms with Crippen molar-refractivity contribution in [2.24, 2.45) is 4.99 Å². The predicted octanol–water partition coefficient (Wildman–Crippen LogP) is 5.95. The number of nitrogen functional groups attached to an aromatic ring is 1. The molecule has 0 bridgehead atoms. The fraction of sp³-hybridized carbons (Fsp3) is 0.261. The van der Waals surface area contributed by atoms with Crippen molar-refractivity contribution in [3.8, 4) is 0 Å². The molecule has 6 heteroatoms. The molecule has 0 spiro atoms. The molecule has 0 amide bonds. The summed E-state index contributed by atoms with van der Waals surface area (Å²) in [5.74, 6) is 0.0576. The van der Waals surface area contributed by atoms with Crippen molar-refractivity contribution in [2.75, 3.05) is 19.9 Å². The molecule has 3 N–H and O–H groups in total. The lowest BCUT2D eigenvalue weighted by Gasteiger charge is -2.04. The van der Waals surface area contributed by atoms with Gasteiger partial charge in [0.2, 0.25) is 0 Å². The quantitative estimate of drug-likeness (QED) is 0.272. The predicted molar refractivity (Wildman–Crippen MR) is 124 cm³/mol. The number of halogens is 2.